The Labute approximate surface area is 168 Å². The molecule has 0 amide bonds. The normalized spacial score (nSPS) is 12.3. The van der Waals surface area contributed by atoms with Crippen molar-refractivity contribution < 1.29 is 56.9 Å². The predicted molar refractivity (Wildman–Crippen MR) is 87.0 cm³/mol. The van der Waals surface area contributed by atoms with Gasteiger partial charge >= 0.3 is 35.5 Å². The minimum Gasteiger partial charge on any atom is -0.747 e. The van der Waals surface area contributed by atoms with Crippen LogP contribution >= 0.6 is 0 Å². The summed E-state index contributed by atoms with van der Waals surface area (Å²) >= 11 is 0. The molecule has 136 valence electrons. The number of hydrogen-bond donors (Lipinski definition) is 0. The van der Waals surface area contributed by atoms with Crippen LogP contribution in [0.1, 0.15) is 78.1 Å². The van der Waals surface area contributed by atoms with Crippen molar-refractivity contribution in [2.24, 2.45) is 0 Å². The van der Waals surface area contributed by atoms with E-state index in [2.05, 4.69) is 0 Å². The van der Waals surface area contributed by atoms with Crippen LogP contribution in [0.2, 0.25) is 0 Å². The molecule has 0 N–H and O–H groups in total. The van der Waals surface area contributed by atoms with Gasteiger partial charge < -0.3 is 9.29 Å². The molecule has 0 aliphatic rings. The van der Waals surface area contributed by atoms with Gasteiger partial charge in [0.1, 0.15) is 15.9 Å². The summed E-state index contributed by atoms with van der Waals surface area (Å²) in [7, 11) is -4.89. The van der Waals surface area contributed by atoms with Crippen molar-refractivity contribution >= 4 is 21.9 Å². The molecule has 0 aromatic carbocycles. The molecule has 0 rings (SSSR count). The third-order valence-electron chi connectivity index (χ3n) is 3.58. The number of hydrogen-bond acceptors (Lipinski definition) is 6. The van der Waals surface area contributed by atoms with Gasteiger partial charge in [0, 0.05) is 12.8 Å². The molecule has 6 nitrogen and oxygen atoms in total. The summed E-state index contributed by atoms with van der Waals surface area (Å²) in [5, 5.41) is -1.91. The molecule has 0 bridgehead atoms. The van der Waals surface area contributed by atoms with Gasteiger partial charge in [0.15, 0.2) is 5.25 Å². The van der Waals surface area contributed by atoms with E-state index < -0.39 is 27.8 Å². The number of carbonyl (C=O) groups is 2. The average Bonchev–Trinajstić information content (AvgIpc) is 2.47. The first-order chi connectivity index (χ1) is 10.8. The maximum atomic E-state index is 11.8. The Morgan fingerprint density at radius 1 is 0.958 bits per heavy atom. The third kappa shape index (κ3) is 13.4. The van der Waals surface area contributed by atoms with E-state index in [1.807, 2.05) is 13.8 Å². The second kappa shape index (κ2) is 15.3. The monoisotopic (exact) mass is 372 g/mol. The van der Waals surface area contributed by atoms with Crippen LogP contribution in [0.25, 0.3) is 0 Å². The van der Waals surface area contributed by atoms with Crippen LogP contribution in [0, 0.1) is 0 Å². The molecule has 1 unspecified atom stereocenters. The van der Waals surface area contributed by atoms with Gasteiger partial charge in [0.25, 0.3) is 0 Å². The van der Waals surface area contributed by atoms with E-state index in [1.165, 1.54) is 0 Å². The summed E-state index contributed by atoms with van der Waals surface area (Å²) in [5.41, 5.74) is 0. The SMILES string of the molecule is CCCCCCOC(=O)C(CC(=O)CCCCCC)S(=O)(=O)[O-].[Na+]. The first kappa shape index (κ1) is 26.3. The van der Waals surface area contributed by atoms with Gasteiger partial charge in [0.05, 0.1) is 6.61 Å². The van der Waals surface area contributed by atoms with Crippen molar-refractivity contribution in [2.75, 3.05) is 6.61 Å². The Kier molecular flexibility index (Phi) is 16.8. The summed E-state index contributed by atoms with van der Waals surface area (Å²) in [6.45, 7) is 4.16. The standard InChI is InChI=1S/C16H30O6S.Na/c1-3-5-7-9-11-14(17)13-15(23(19,20)21)16(18)22-12-10-8-6-4-2;/h15H,3-13H2,1-2H3,(H,19,20,21);/q;+1/p-1. The Balaban J connectivity index is 0. The molecular formula is C16H29NaO6S. The molecule has 0 aromatic heterocycles. The topological polar surface area (TPSA) is 101 Å². The molecule has 0 saturated heterocycles. The molecule has 0 fully saturated rings. The molecule has 0 saturated carbocycles. The van der Waals surface area contributed by atoms with E-state index >= 15 is 0 Å². The number of esters is 1. The number of ketones is 1. The van der Waals surface area contributed by atoms with Crippen LogP contribution < -0.4 is 29.6 Å². The van der Waals surface area contributed by atoms with Gasteiger partial charge in [0.2, 0.25) is 0 Å². The van der Waals surface area contributed by atoms with Crippen LogP contribution in [0.4, 0.5) is 0 Å². The van der Waals surface area contributed by atoms with Crippen molar-refractivity contribution in [1.82, 2.24) is 0 Å². The Hall–Kier alpha value is 0.0500. The second-order valence-electron chi connectivity index (χ2n) is 5.76. The van der Waals surface area contributed by atoms with Crippen molar-refractivity contribution in [2.45, 2.75) is 83.3 Å². The van der Waals surface area contributed by atoms with Gasteiger partial charge in [-0.15, -0.1) is 0 Å². The predicted octanol–water partition coefficient (Wildman–Crippen LogP) is -0.0427. The van der Waals surface area contributed by atoms with E-state index in [9.17, 15) is 22.6 Å². The first-order valence-corrected chi connectivity index (χ1v) is 9.93. The maximum absolute atomic E-state index is 11.8. The van der Waals surface area contributed by atoms with Gasteiger partial charge in [-0.2, -0.15) is 0 Å². The van der Waals surface area contributed by atoms with Gasteiger partial charge in [-0.1, -0.05) is 52.4 Å². The van der Waals surface area contributed by atoms with E-state index in [-0.39, 0.29) is 48.4 Å². The zero-order valence-corrected chi connectivity index (χ0v) is 18.0. The summed E-state index contributed by atoms with van der Waals surface area (Å²) in [6.07, 6.45) is 6.66. The average molecular weight is 372 g/mol. The largest absolute Gasteiger partial charge is 1.00 e. The van der Waals surface area contributed by atoms with E-state index in [0.29, 0.717) is 12.8 Å². The fraction of sp³-hybridized carbons (Fsp3) is 0.875. The van der Waals surface area contributed by atoms with Crippen LogP contribution in [-0.4, -0.2) is 36.6 Å². The van der Waals surface area contributed by atoms with E-state index in [0.717, 1.165) is 38.5 Å². The third-order valence-corrected chi connectivity index (χ3v) is 4.63. The fourth-order valence-electron chi connectivity index (χ4n) is 2.16. The van der Waals surface area contributed by atoms with Crippen LogP contribution in [-0.2, 0) is 24.4 Å². The van der Waals surface area contributed by atoms with Crippen LogP contribution in [0.5, 0.6) is 0 Å². The van der Waals surface area contributed by atoms with Gasteiger partial charge in [-0.3, -0.25) is 9.59 Å². The molecule has 0 spiro atoms. The number of ether oxygens (including phenoxy) is 1. The van der Waals surface area contributed by atoms with Gasteiger partial charge in [-0.25, -0.2) is 8.42 Å². The van der Waals surface area contributed by atoms with Crippen LogP contribution in [0.15, 0.2) is 0 Å². The summed E-state index contributed by atoms with van der Waals surface area (Å²) in [6, 6.07) is 0. The molecular weight excluding hydrogens is 343 g/mol. The van der Waals surface area contributed by atoms with Crippen molar-refractivity contribution in [3.05, 3.63) is 0 Å². The minimum absolute atomic E-state index is 0. The number of unbranched alkanes of at least 4 members (excludes halogenated alkanes) is 6. The summed E-state index contributed by atoms with van der Waals surface area (Å²) in [4.78, 5) is 23.6. The molecule has 0 radical (unpaired) electrons. The zero-order valence-electron chi connectivity index (χ0n) is 15.2. The molecule has 0 aliphatic heterocycles. The second-order valence-corrected chi connectivity index (χ2v) is 7.32. The first-order valence-electron chi connectivity index (χ1n) is 8.45. The van der Waals surface area contributed by atoms with Crippen molar-refractivity contribution in [3.8, 4) is 0 Å². The summed E-state index contributed by atoms with van der Waals surface area (Å²) in [5.74, 6) is -1.48. The maximum Gasteiger partial charge on any atom is 1.00 e. The van der Waals surface area contributed by atoms with Crippen molar-refractivity contribution in [1.29, 1.82) is 0 Å². The number of rotatable bonds is 14. The smallest absolute Gasteiger partial charge is 0.747 e. The van der Waals surface area contributed by atoms with E-state index in [1.54, 1.807) is 0 Å². The quantitative estimate of drug-likeness (QED) is 0.184. The summed E-state index contributed by atoms with van der Waals surface area (Å²) < 4.78 is 38.5. The van der Waals surface area contributed by atoms with Crippen molar-refractivity contribution in [3.63, 3.8) is 0 Å². The molecule has 0 aliphatic carbocycles. The van der Waals surface area contributed by atoms with Gasteiger partial charge in [-0.05, 0) is 12.8 Å². The molecule has 24 heavy (non-hydrogen) atoms. The van der Waals surface area contributed by atoms with E-state index in [4.69, 9.17) is 4.74 Å². The Morgan fingerprint density at radius 2 is 1.50 bits per heavy atom. The molecule has 1 atom stereocenters. The fourth-order valence-corrected chi connectivity index (χ4v) is 2.85. The Bertz CT molecular complexity index is 449. The molecule has 8 heteroatoms. The zero-order chi connectivity index (χ0) is 17.7. The number of carbonyl (C=O) groups excluding carboxylic acids is 2. The molecule has 0 heterocycles. The molecule has 0 aromatic rings. The number of Topliss-reactive ketones (excluding diaryl/α,β-unsaturated/α-hetero) is 1. The minimum atomic E-state index is -4.89. The van der Waals surface area contributed by atoms with Crippen LogP contribution in [0.3, 0.4) is 0 Å². The Morgan fingerprint density at radius 3 is 2.00 bits per heavy atom.